The number of rotatable bonds is 2. The standard InChI is InChI=1S/C14H7Cl5O/c1-6-2-3-7(8(15)4-6)14(20)11-9(16)5-10(17)12(18)13(11)19/h2-5H,1H3. The van der Waals surface area contributed by atoms with Gasteiger partial charge in [-0.2, -0.15) is 0 Å². The minimum atomic E-state index is -0.399. The van der Waals surface area contributed by atoms with Crippen molar-refractivity contribution >= 4 is 63.8 Å². The quantitative estimate of drug-likeness (QED) is 0.336. The summed E-state index contributed by atoms with van der Waals surface area (Å²) < 4.78 is 0. The van der Waals surface area contributed by atoms with Crippen LogP contribution in [0.25, 0.3) is 0 Å². The van der Waals surface area contributed by atoms with Gasteiger partial charge in [0.15, 0.2) is 5.78 Å². The fraction of sp³-hybridized carbons (Fsp3) is 0.0714. The highest BCUT2D eigenvalue weighted by molar-refractivity contribution is 6.51. The zero-order chi connectivity index (χ0) is 15.0. The van der Waals surface area contributed by atoms with Crippen LogP contribution in [0, 0.1) is 6.92 Å². The van der Waals surface area contributed by atoms with E-state index in [4.69, 9.17) is 58.0 Å². The van der Waals surface area contributed by atoms with Gasteiger partial charge in [-0.1, -0.05) is 64.1 Å². The van der Waals surface area contributed by atoms with Crippen molar-refractivity contribution in [1.82, 2.24) is 0 Å². The summed E-state index contributed by atoms with van der Waals surface area (Å²) >= 11 is 30.0. The Morgan fingerprint density at radius 2 is 1.50 bits per heavy atom. The summed E-state index contributed by atoms with van der Waals surface area (Å²) in [6.45, 7) is 1.87. The van der Waals surface area contributed by atoms with Gasteiger partial charge in [-0.05, 0) is 30.7 Å². The Morgan fingerprint density at radius 1 is 0.850 bits per heavy atom. The summed E-state index contributed by atoms with van der Waals surface area (Å²) in [6, 6.07) is 6.47. The van der Waals surface area contributed by atoms with Crippen LogP contribution in [-0.2, 0) is 0 Å². The van der Waals surface area contributed by atoms with Crippen molar-refractivity contribution in [3.8, 4) is 0 Å². The molecule has 0 fully saturated rings. The average molecular weight is 368 g/mol. The number of ketones is 1. The van der Waals surface area contributed by atoms with Gasteiger partial charge in [-0.25, -0.2) is 0 Å². The highest BCUT2D eigenvalue weighted by atomic mass is 35.5. The Hall–Kier alpha value is -0.440. The molecule has 0 bridgehead atoms. The van der Waals surface area contributed by atoms with Crippen LogP contribution in [0.2, 0.25) is 25.1 Å². The molecule has 0 aliphatic rings. The number of aryl methyl sites for hydroxylation is 1. The Kier molecular flexibility index (Phi) is 4.88. The minimum Gasteiger partial charge on any atom is -0.288 e. The Balaban J connectivity index is 2.63. The summed E-state index contributed by atoms with van der Waals surface area (Å²) in [4.78, 5) is 12.5. The molecule has 20 heavy (non-hydrogen) atoms. The van der Waals surface area contributed by atoms with Gasteiger partial charge >= 0.3 is 0 Å². The van der Waals surface area contributed by atoms with Crippen molar-refractivity contribution in [1.29, 1.82) is 0 Å². The fourth-order valence-electron chi connectivity index (χ4n) is 1.71. The second kappa shape index (κ2) is 6.13. The summed E-state index contributed by atoms with van der Waals surface area (Å²) in [5.41, 5.74) is 1.34. The van der Waals surface area contributed by atoms with Crippen LogP contribution < -0.4 is 0 Å². The molecule has 0 aromatic heterocycles. The first-order chi connectivity index (χ1) is 9.32. The monoisotopic (exact) mass is 366 g/mol. The third kappa shape index (κ3) is 2.93. The molecule has 0 heterocycles. The van der Waals surface area contributed by atoms with E-state index in [9.17, 15) is 4.79 Å². The molecule has 2 aromatic rings. The Morgan fingerprint density at radius 3 is 2.10 bits per heavy atom. The van der Waals surface area contributed by atoms with Gasteiger partial charge < -0.3 is 0 Å². The highest BCUT2D eigenvalue weighted by Crippen LogP contribution is 2.39. The van der Waals surface area contributed by atoms with Crippen LogP contribution >= 0.6 is 58.0 Å². The topological polar surface area (TPSA) is 17.1 Å². The fourth-order valence-corrected chi connectivity index (χ4v) is 3.12. The van der Waals surface area contributed by atoms with Gasteiger partial charge in [0.05, 0.1) is 30.7 Å². The maximum Gasteiger partial charge on any atom is 0.197 e. The van der Waals surface area contributed by atoms with Crippen molar-refractivity contribution in [2.75, 3.05) is 0 Å². The molecule has 104 valence electrons. The van der Waals surface area contributed by atoms with E-state index in [1.165, 1.54) is 6.07 Å². The van der Waals surface area contributed by atoms with Crippen molar-refractivity contribution in [2.45, 2.75) is 6.92 Å². The molecule has 0 unspecified atom stereocenters. The molecule has 0 aliphatic heterocycles. The highest BCUT2D eigenvalue weighted by Gasteiger charge is 2.22. The van der Waals surface area contributed by atoms with Gasteiger partial charge in [0.1, 0.15) is 0 Å². The third-order valence-electron chi connectivity index (χ3n) is 2.71. The first-order valence-electron chi connectivity index (χ1n) is 5.46. The largest absolute Gasteiger partial charge is 0.288 e. The lowest BCUT2D eigenvalue weighted by atomic mass is 10.0. The molecule has 0 spiro atoms. The summed E-state index contributed by atoms with van der Waals surface area (Å²) in [7, 11) is 0. The van der Waals surface area contributed by atoms with E-state index in [-0.39, 0.29) is 25.7 Å². The van der Waals surface area contributed by atoms with Crippen molar-refractivity contribution in [2.24, 2.45) is 0 Å². The van der Waals surface area contributed by atoms with E-state index in [0.29, 0.717) is 10.6 Å². The number of hydrogen-bond acceptors (Lipinski definition) is 1. The van der Waals surface area contributed by atoms with Gasteiger partial charge in [-0.3, -0.25) is 4.79 Å². The van der Waals surface area contributed by atoms with E-state index < -0.39 is 5.78 Å². The number of benzene rings is 2. The lowest BCUT2D eigenvalue weighted by Gasteiger charge is -2.10. The van der Waals surface area contributed by atoms with E-state index in [1.807, 2.05) is 6.92 Å². The first kappa shape index (κ1) is 15.9. The lowest BCUT2D eigenvalue weighted by molar-refractivity contribution is 0.103. The maximum atomic E-state index is 12.5. The van der Waals surface area contributed by atoms with Crippen LogP contribution in [-0.4, -0.2) is 5.78 Å². The van der Waals surface area contributed by atoms with Crippen molar-refractivity contribution < 1.29 is 4.79 Å². The molecule has 0 saturated carbocycles. The molecule has 0 radical (unpaired) electrons. The Labute approximate surface area is 141 Å². The second-order valence-electron chi connectivity index (χ2n) is 4.16. The van der Waals surface area contributed by atoms with Crippen LogP contribution in [0.4, 0.5) is 0 Å². The zero-order valence-corrected chi connectivity index (χ0v) is 13.9. The Bertz CT molecular complexity index is 709. The second-order valence-corrected chi connectivity index (χ2v) is 6.13. The SMILES string of the molecule is Cc1ccc(C(=O)c2c(Cl)cc(Cl)c(Cl)c2Cl)c(Cl)c1. The van der Waals surface area contributed by atoms with Gasteiger partial charge in [0.25, 0.3) is 0 Å². The van der Waals surface area contributed by atoms with Gasteiger partial charge in [-0.15, -0.1) is 0 Å². The molecule has 1 nitrogen and oxygen atoms in total. The average Bonchev–Trinajstić information content (AvgIpc) is 2.36. The van der Waals surface area contributed by atoms with Gasteiger partial charge in [0, 0.05) is 5.56 Å². The van der Waals surface area contributed by atoms with E-state index in [0.717, 1.165) is 5.56 Å². The predicted molar refractivity (Wildman–Crippen MR) is 86.1 cm³/mol. The molecule has 0 saturated heterocycles. The molecular formula is C14H7Cl5O. The summed E-state index contributed by atoms with van der Waals surface area (Å²) in [5.74, 6) is -0.399. The summed E-state index contributed by atoms with van der Waals surface area (Å²) in [5, 5.41) is 0.752. The lowest BCUT2D eigenvalue weighted by Crippen LogP contribution is -2.05. The van der Waals surface area contributed by atoms with E-state index in [1.54, 1.807) is 18.2 Å². The molecule has 2 aromatic carbocycles. The minimum absolute atomic E-state index is 0.0193. The molecule has 0 aliphatic carbocycles. The summed E-state index contributed by atoms with van der Waals surface area (Å²) in [6.07, 6.45) is 0. The van der Waals surface area contributed by atoms with E-state index >= 15 is 0 Å². The van der Waals surface area contributed by atoms with Crippen LogP contribution in [0.3, 0.4) is 0 Å². The molecule has 0 amide bonds. The zero-order valence-electron chi connectivity index (χ0n) is 10.1. The predicted octanol–water partition coefficient (Wildman–Crippen LogP) is 6.49. The van der Waals surface area contributed by atoms with Crippen LogP contribution in [0.1, 0.15) is 21.5 Å². The van der Waals surface area contributed by atoms with Gasteiger partial charge in [0.2, 0.25) is 0 Å². The molecule has 0 atom stereocenters. The smallest absolute Gasteiger partial charge is 0.197 e. The van der Waals surface area contributed by atoms with Crippen LogP contribution in [0.15, 0.2) is 24.3 Å². The molecule has 6 heteroatoms. The number of carbonyl (C=O) groups excluding carboxylic acids is 1. The van der Waals surface area contributed by atoms with Crippen LogP contribution in [0.5, 0.6) is 0 Å². The van der Waals surface area contributed by atoms with Crippen molar-refractivity contribution in [3.63, 3.8) is 0 Å². The molecule has 0 N–H and O–H groups in total. The first-order valence-corrected chi connectivity index (χ1v) is 7.35. The maximum absolute atomic E-state index is 12.5. The number of hydrogen-bond donors (Lipinski definition) is 0. The normalized spacial score (nSPS) is 10.7. The number of halogens is 5. The third-order valence-corrected chi connectivity index (χ3v) is 4.58. The number of carbonyl (C=O) groups is 1. The molecule has 2 rings (SSSR count). The van der Waals surface area contributed by atoms with Crippen molar-refractivity contribution in [3.05, 3.63) is 66.1 Å². The molecular weight excluding hydrogens is 361 g/mol. The van der Waals surface area contributed by atoms with E-state index in [2.05, 4.69) is 0 Å².